The highest BCUT2D eigenvalue weighted by molar-refractivity contribution is 4.91. The molecule has 0 aliphatic carbocycles. The lowest BCUT2D eigenvalue weighted by Crippen LogP contribution is -2.01. The van der Waals surface area contributed by atoms with Gasteiger partial charge in [-0.25, -0.2) is 0 Å². The molecule has 1 nitrogen and oxygen atoms in total. The van der Waals surface area contributed by atoms with E-state index in [4.69, 9.17) is 4.74 Å². The van der Waals surface area contributed by atoms with Crippen LogP contribution < -0.4 is 0 Å². The fourth-order valence-electron chi connectivity index (χ4n) is 1.21. The molecule has 1 saturated heterocycles. The Balaban J connectivity index is 1.91. The standard InChI is InChI=1S/C11H20O/c1-3-4-5-6-7-8-9-11(2)10-12-11/h6-7H,3-5,8-10H2,1-2H3/b7-6+. The molecule has 0 N–H and O–H groups in total. The minimum Gasteiger partial charge on any atom is -0.370 e. The molecular formula is C11H20O. The summed E-state index contributed by atoms with van der Waals surface area (Å²) in [6.45, 7) is 5.38. The maximum absolute atomic E-state index is 5.29. The summed E-state index contributed by atoms with van der Waals surface area (Å²) in [7, 11) is 0. The van der Waals surface area contributed by atoms with Crippen molar-refractivity contribution < 1.29 is 4.74 Å². The minimum atomic E-state index is 0.245. The van der Waals surface area contributed by atoms with Crippen LogP contribution in [0.3, 0.4) is 0 Å². The fraction of sp³-hybridized carbons (Fsp3) is 0.818. The van der Waals surface area contributed by atoms with Gasteiger partial charge in [0.15, 0.2) is 0 Å². The zero-order valence-electron chi connectivity index (χ0n) is 8.31. The Hall–Kier alpha value is -0.300. The summed E-state index contributed by atoms with van der Waals surface area (Å²) in [5, 5.41) is 0. The van der Waals surface area contributed by atoms with Crippen molar-refractivity contribution in [2.24, 2.45) is 0 Å². The van der Waals surface area contributed by atoms with E-state index in [-0.39, 0.29) is 5.60 Å². The summed E-state index contributed by atoms with van der Waals surface area (Å²) in [6, 6.07) is 0. The van der Waals surface area contributed by atoms with Crippen molar-refractivity contribution in [1.82, 2.24) is 0 Å². The molecule has 0 saturated carbocycles. The first-order chi connectivity index (χ1) is 5.77. The molecule has 1 heterocycles. The van der Waals surface area contributed by atoms with Crippen molar-refractivity contribution in [3.63, 3.8) is 0 Å². The largest absolute Gasteiger partial charge is 0.370 e. The highest BCUT2D eigenvalue weighted by Gasteiger charge is 2.37. The van der Waals surface area contributed by atoms with Crippen LogP contribution in [-0.4, -0.2) is 12.2 Å². The minimum absolute atomic E-state index is 0.245. The quantitative estimate of drug-likeness (QED) is 0.337. The molecule has 0 aromatic heterocycles. The topological polar surface area (TPSA) is 12.5 Å². The first kappa shape index (κ1) is 9.79. The van der Waals surface area contributed by atoms with Crippen LogP contribution in [-0.2, 0) is 4.74 Å². The molecule has 70 valence electrons. The van der Waals surface area contributed by atoms with E-state index in [1.54, 1.807) is 0 Å². The van der Waals surface area contributed by atoms with Crippen molar-refractivity contribution in [3.05, 3.63) is 12.2 Å². The molecule has 1 fully saturated rings. The van der Waals surface area contributed by atoms with E-state index < -0.39 is 0 Å². The predicted molar refractivity (Wildman–Crippen MR) is 52.3 cm³/mol. The van der Waals surface area contributed by atoms with Crippen LogP contribution >= 0.6 is 0 Å². The maximum atomic E-state index is 5.29. The second-order valence-electron chi connectivity index (χ2n) is 3.89. The molecule has 0 amide bonds. The van der Waals surface area contributed by atoms with Gasteiger partial charge >= 0.3 is 0 Å². The Bertz CT molecular complexity index is 145. The smallest absolute Gasteiger partial charge is 0.0891 e. The molecule has 0 radical (unpaired) electrons. The number of hydrogen-bond acceptors (Lipinski definition) is 1. The molecule has 12 heavy (non-hydrogen) atoms. The summed E-state index contributed by atoms with van der Waals surface area (Å²) in [5.41, 5.74) is 0.245. The number of hydrogen-bond donors (Lipinski definition) is 0. The third-order valence-electron chi connectivity index (χ3n) is 2.37. The SMILES string of the molecule is CCCC/C=C/CCC1(C)CO1. The second-order valence-corrected chi connectivity index (χ2v) is 3.89. The molecule has 1 atom stereocenters. The number of unbranched alkanes of at least 4 members (excludes halogenated alkanes) is 2. The summed E-state index contributed by atoms with van der Waals surface area (Å²) >= 11 is 0. The van der Waals surface area contributed by atoms with Gasteiger partial charge in [-0.15, -0.1) is 0 Å². The summed E-state index contributed by atoms with van der Waals surface area (Å²) in [4.78, 5) is 0. The average molecular weight is 168 g/mol. The van der Waals surface area contributed by atoms with Gasteiger partial charge in [0.2, 0.25) is 0 Å². The molecule has 1 rings (SSSR count). The third kappa shape index (κ3) is 3.91. The normalized spacial score (nSPS) is 28.2. The number of ether oxygens (including phenoxy) is 1. The summed E-state index contributed by atoms with van der Waals surface area (Å²) in [6.07, 6.45) is 10.8. The van der Waals surface area contributed by atoms with Crippen LogP contribution in [0.4, 0.5) is 0 Å². The third-order valence-corrected chi connectivity index (χ3v) is 2.37. The first-order valence-corrected chi connectivity index (χ1v) is 5.06. The highest BCUT2D eigenvalue weighted by Crippen LogP contribution is 2.31. The lowest BCUT2D eigenvalue weighted by Gasteiger charge is -1.99. The lowest BCUT2D eigenvalue weighted by molar-refractivity contribution is 0.310. The van der Waals surface area contributed by atoms with E-state index in [1.165, 1.54) is 32.1 Å². The van der Waals surface area contributed by atoms with E-state index in [0.717, 1.165) is 6.61 Å². The monoisotopic (exact) mass is 168 g/mol. The molecule has 0 aromatic carbocycles. The lowest BCUT2D eigenvalue weighted by atomic mass is 10.1. The van der Waals surface area contributed by atoms with Gasteiger partial charge in [0, 0.05) is 0 Å². The van der Waals surface area contributed by atoms with E-state index in [0.29, 0.717) is 0 Å². The van der Waals surface area contributed by atoms with Gasteiger partial charge in [-0.1, -0.05) is 31.9 Å². The van der Waals surface area contributed by atoms with Gasteiger partial charge in [0.25, 0.3) is 0 Å². The van der Waals surface area contributed by atoms with Crippen molar-refractivity contribution in [2.75, 3.05) is 6.61 Å². The first-order valence-electron chi connectivity index (χ1n) is 5.06. The zero-order chi connectivity index (χ0) is 8.86. The van der Waals surface area contributed by atoms with E-state index in [2.05, 4.69) is 26.0 Å². The van der Waals surface area contributed by atoms with Crippen LogP contribution in [0, 0.1) is 0 Å². The Labute approximate surface area is 75.8 Å². The van der Waals surface area contributed by atoms with Gasteiger partial charge < -0.3 is 4.74 Å². The van der Waals surface area contributed by atoms with Crippen molar-refractivity contribution >= 4 is 0 Å². The number of epoxide rings is 1. The van der Waals surface area contributed by atoms with Crippen LogP contribution in [0.2, 0.25) is 0 Å². The Kier molecular flexibility index (Phi) is 3.80. The second kappa shape index (κ2) is 4.66. The van der Waals surface area contributed by atoms with E-state index in [9.17, 15) is 0 Å². The van der Waals surface area contributed by atoms with Gasteiger partial charge in [-0.3, -0.25) is 0 Å². The number of rotatable bonds is 6. The van der Waals surface area contributed by atoms with Crippen LogP contribution in [0.25, 0.3) is 0 Å². The number of allylic oxidation sites excluding steroid dienone is 2. The fourth-order valence-corrected chi connectivity index (χ4v) is 1.21. The van der Waals surface area contributed by atoms with Crippen molar-refractivity contribution in [1.29, 1.82) is 0 Å². The Morgan fingerprint density at radius 1 is 1.33 bits per heavy atom. The molecule has 0 bridgehead atoms. The average Bonchev–Trinajstić information content (AvgIpc) is 2.77. The van der Waals surface area contributed by atoms with Crippen LogP contribution in [0.1, 0.15) is 46.0 Å². The Morgan fingerprint density at radius 2 is 2.00 bits per heavy atom. The summed E-state index contributed by atoms with van der Waals surface area (Å²) in [5.74, 6) is 0. The van der Waals surface area contributed by atoms with Crippen LogP contribution in [0.5, 0.6) is 0 Å². The highest BCUT2D eigenvalue weighted by atomic mass is 16.6. The molecule has 0 aromatic rings. The Morgan fingerprint density at radius 3 is 2.58 bits per heavy atom. The maximum Gasteiger partial charge on any atom is 0.0891 e. The van der Waals surface area contributed by atoms with Gasteiger partial charge in [-0.2, -0.15) is 0 Å². The van der Waals surface area contributed by atoms with Gasteiger partial charge in [0.05, 0.1) is 12.2 Å². The molecular weight excluding hydrogens is 148 g/mol. The van der Waals surface area contributed by atoms with E-state index >= 15 is 0 Å². The van der Waals surface area contributed by atoms with Gasteiger partial charge in [-0.05, 0) is 26.2 Å². The van der Waals surface area contributed by atoms with Crippen molar-refractivity contribution in [3.8, 4) is 0 Å². The zero-order valence-corrected chi connectivity index (χ0v) is 8.31. The van der Waals surface area contributed by atoms with Crippen LogP contribution in [0.15, 0.2) is 12.2 Å². The van der Waals surface area contributed by atoms with Crippen molar-refractivity contribution in [2.45, 2.75) is 51.6 Å². The molecule has 1 aliphatic rings. The summed E-state index contributed by atoms with van der Waals surface area (Å²) < 4.78 is 5.29. The molecule has 0 spiro atoms. The van der Waals surface area contributed by atoms with E-state index in [1.807, 2.05) is 0 Å². The predicted octanol–water partition coefficient (Wildman–Crippen LogP) is 3.30. The van der Waals surface area contributed by atoms with Gasteiger partial charge in [0.1, 0.15) is 0 Å². The molecule has 1 aliphatic heterocycles. The molecule has 1 heteroatoms. The molecule has 1 unspecified atom stereocenters.